The van der Waals surface area contributed by atoms with Crippen molar-refractivity contribution in [2.24, 2.45) is 0 Å². The van der Waals surface area contributed by atoms with E-state index >= 15 is 0 Å². The first-order chi connectivity index (χ1) is 14.2. The second-order valence-electron chi connectivity index (χ2n) is 7.80. The molecule has 29 heavy (non-hydrogen) atoms. The summed E-state index contributed by atoms with van der Waals surface area (Å²) < 4.78 is 5.49. The number of aromatic amines is 1. The first kappa shape index (κ1) is 17.8. The quantitative estimate of drug-likeness (QED) is 0.597. The van der Waals surface area contributed by atoms with Crippen molar-refractivity contribution in [1.29, 1.82) is 0 Å². The molecule has 0 unspecified atom stereocenters. The van der Waals surface area contributed by atoms with Crippen molar-refractivity contribution in [3.8, 4) is 16.9 Å². The van der Waals surface area contributed by atoms with Crippen LogP contribution in [0.5, 0.6) is 5.75 Å². The summed E-state index contributed by atoms with van der Waals surface area (Å²) in [5.74, 6) is 0.768. The Morgan fingerprint density at radius 2 is 1.86 bits per heavy atom. The average molecular weight is 384 g/mol. The van der Waals surface area contributed by atoms with E-state index in [-0.39, 0.29) is 5.91 Å². The van der Waals surface area contributed by atoms with Crippen molar-refractivity contribution >= 4 is 23.2 Å². The van der Waals surface area contributed by atoms with Gasteiger partial charge >= 0.3 is 0 Å². The monoisotopic (exact) mass is 384 g/mol. The molecule has 1 aliphatic carbocycles. The van der Waals surface area contributed by atoms with Crippen molar-refractivity contribution in [2.45, 2.75) is 32.6 Å². The van der Waals surface area contributed by atoms with Gasteiger partial charge in [-0.15, -0.1) is 0 Å². The molecular weight excluding hydrogens is 360 g/mol. The third-order valence-electron chi connectivity index (χ3n) is 6.12. The van der Waals surface area contributed by atoms with E-state index in [9.17, 15) is 4.79 Å². The summed E-state index contributed by atoms with van der Waals surface area (Å²) in [6, 6.07) is 14.0. The van der Waals surface area contributed by atoms with Gasteiger partial charge in [-0.3, -0.25) is 4.79 Å². The number of hydrogen-bond acceptors (Lipinski definition) is 2. The average Bonchev–Trinajstić information content (AvgIpc) is 3.24. The summed E-state index contributed by atoms with van der Waals surface area (Å²) >= 11 is 0. The molecule has 0 bridgehead atoms. The van der Waals surface area contributed by atoms with Crippen molar-refractivity contribution in [2.75, 3.05) is 12.4 Å². The SMILES string of the molecule is COc1ccccc1-c1ccc2c(c1)NC(=O)/C2=C\c1[nH]c2c(c1C)CCCC2. The van der Waals surface area contributed by atoms with Crippen LogP contribution in [-0.2, 0) is 17.6 Å². The fraction of sp³-hybridized carbons (Fsp3) is 0.240. The highest BCUT2D eigenvalue weighted by molar-refractivity contribution is 6.35. The van der Waals surface area contributed by atoms with E-state index in [0.29, 0.717) is 5.57 Å². The van der Waals surface area contributed by atoms with Crippen LogP contribution >= 0.6 is 0 Å². The van der Waals surface area contributed by atoms with E-state index in [1.807, 2.05) is 42.5 Å². The highest BCUT2D eigenvalue weighted by Crippen LogP contribution is 2.39. The van der Waals surface area contributed by atoms with E-state index in [2.05, 4.69) is 23.3 Å². The van der Waals surface area contributed by atoms with Gasteiger partial charge in [0.25, 0.3) is 5.91 Å². The number of nitrogens with one attached hydrogen (secondary N) is 2. The van der Waals surface area contributed by atoms with Crippen molar-refractivity contribution in [1.82, 2.24) is 4.98 Å². The Labute approximate surface area is 170 Å². The van der Waals surface area contributed by atoms with Gasteiger partial charge in [0.05, 0.1) is 12.7 Å². The molecule has 2 heterocycles. The highest BCUT2D eigenvalue weighted by atomic mass is 16.5. The van der Waals surface area contributed by atoms with Crippen LogP contribution in [0.4, 0.5) is 5.69 Å². The maximum atomic E-state index is 12.7. The zero-order chi connectivity index (χ0) is 20.0. The molecule has 146 valence electrons. The first-order valence-electron chi connectivity index (χ1n) is 10.2. The van der Waals surface area contributed by atoms with Gasteiger partial charge in [0.15, 0.2) is 0 Å². The molecule has 4 nitrogen and oxygen atoms in total. The first-order valence-corrected chi connectivity index (χ1v) is 10.2. The number of rotatable bonds is 3. The Balaban J connectivity index is 1.55. The van der Waals surface area contributed by atoms with E-state index in [4.69, 9.17) is 4.74 Å². The smallest absolute Gasteiger partial charge is 0.256 e. The Morgan fingerprint density at radius 3 is 2.69 bits per heavy atom. The summed E-state index contributed by atoms with van der Waals surface area (Å²) in [6.07, 6.45) is 6.72. The lowest BCUT2D eigenvalue weighted by Gasteiger charge is -2.10. The van der Waals surface area contributed by atoms with Gasteiger partial charge in [-0.25, -0.2) is 0 Å². The molecule has 4 heteroatoms. The molecule has 1 aliphatic heterocycles. The number of fused-ring (bicyclic) bond motifs is 2. The summed E-state index contributed by atoms with van der Waals surface area (Å²) in [4.78, 5) is 16.3. The number of H-pyrrole nitrogens is 1. The minimum absolute atomic E-state index is 0.0517. The maximum absolute atomic E-state index is 12.7. The molecule has 0 atom stereocenters. The lowest BCUT2D eigenvalue weighted by molar-refractivity contribution is -0.110. The number of anilines is 1. The third kappa shape index (κ3) is 2.96. The molecule has 0 spiro atoms. The number of carbonyl (C=O) groups is 1. The summed E-state index contributed by atoms with van der Waals surface area (Å²) in [7, 11) is 1.67. The van der Waals surface area contributed by atoms with Crippen LogP contribution in [0.3, 0.4) is 0 Å². The summed E-state index contributed by atoms with van der Waals surface area (Å²) in [5, 5.41) is 3.03. The molecule has 0 fully saturated rings. The number of aryl methyl sites for hydroxylation is 1. The Morgan fingerprint density at radius 1 is 1.03 bits per heavy atom. The van der Waals surface area contributed by atoms with E-state index in [1.54, 1.807) is 7.11 Å². The van der Waals surface area contributed by atoms with Gasteiger partial charge in [-0.05, 0) is 67.5 Å². The van der Waals surface area contributed by atoms with Crippen LogP contribution in [0.1, 0.15) is 40.9 Å². The molecular formula is C25H24N2O2. The Bertz CT molecular complexity index is 1150. The van der Waals surface area contributed by atoms with Crippen LogP contribution in [-0.4, -0.2) is 18.0 Å². The number of benzene rings is 2. The summed E-state index contributed by atoms with van der Waals surface area (Å²) in [5.41, 5.74) is 9.65. The fourth-order valence-electron chi connectivity index (χ4n) is 4.55. The maximum Gasteiger partial charge on any atom is 0.256 e. The molecule has 2 aromatic carbocycles. The van der Waals surface area contributed by atoms with Crippen LogP contribution in [0.2, 0.25) is 0 Å². The second kappa shape index (κ2) is 6.96. The van der Waals surface area contributed by atoms with Crippen LogP contribution in [0, 0.1) is 6.92 Å². The highest BCUT2D eigenvalue weighted by Gasteiger charge is 2.26. The van der Waals surface area contributed by atoms with Gasteiger partial charge < -0.3 is 15.0 Å². The molecule has 0 saturated carbocycles. The van der Waals surface area contributed by atoms with Crippen molar-refractivity contribution in [3.63, 3.8) is 0 Å². The predicted octanol–water partition coefficient (Wildman–Crippen LogP) is 5.37. The van der Waals surface area contributed by atoms with Crippen molar-refractivity contribution in [3.05, 3.63) is 70.5 Å². The van der Waals surface area contributed by atoms with E-state index in [1.165, 1.54) is 29.7 Å². The van der Waals surface area contributed by atoms with Crippen LogP contribution < -0.4 is 10.1 Å². The lowest BCUT2D eigenvalue weighted by Crippen LogP contribution is -2.03. The summed E-state index contributed by atoms with van der Waals surface area (Å²) in [6.45, 7) is 2.16. The lowest BCUT2D eigenvalue weighted by atomic mass is 9.94. The van der Waals surface area contributed by atoms with Crippen LogP contribution in [0.25, 0.3) is 22.8 Å². The minimum Gasteiger partial charge on any atom is -0.496 e. The predicted molar refractivity (Wildman–Crippen MR) is 117 cm³/mol. The number of hydrogen-bond donors (Lipinski definition) is 2. The number of aromatic nitrogens is 1. The molecule has 1 amide bonds. The topological polar surface area (TPSA) is 54.1 Å². The molecule has 0 saturated heterocycles. The number of carbonyl (C=O) groups excluding carboxylic acids is 1. The number of para-hydroxylation sites is 1. The number of ether oxygens (including phenoxy) is 1. The molecule has 1 aromatic heterocycles. The van der Waals surface area contributed by atoms with Gasteiger partial charge in [-0.1, -0.05) is 30.3 Å². The van der Waals surface area contributed by atoms with E-state index < -0.39 is 0 Å². The second-order valence-corrected chi connectivity index (χ2v) is 7.80. The number of methoxy groups -OCH3 is 1. The molecule has 5 rings (SSSR count). The molecule has 3 aromatic rings. The van der Waals surface area contributed by atoms with Crippen LogP contribution in [0.15, 0.2) is 42.5 Å². The fourth-order valence-corrected chi connectivity index (χ4v) is 4.55. The van der Waals surface area contributed by atoms with Gasteiger partial charge in [-0.2, -0.15) is 0 Å². The number of amides is 1. The van der Waals surface area contributed by atoms with E-state index in [0.717, 1.165) is 46.7 Å². The molecule has 2 N–H and O–H groups in total. The normalized spacial score (nSPS) is 16.5. The van der Waals surface area contributed by atoms with Gasteiger partial charge in [0, 0.05) is 28.2 Å². The van der Waals surface area contributed by atoms with Gasteiger partial charge in [0.1, 0.15) is 5.75 Å². The minimum atomic E-state index is -0.0517. The standard InChI is InChI=1S/C25H24N2O2/c1-15-17-7-3-5-9-21(17)26-22(15)14-20-19-12-11-16(13-23(19)27-25(20)28)18-8-4-6-10-24(18)29-2/h4,6,8,10-14,26H,3,5,7,9H2,1-2H3,(H,27,28)/b20-14-. The Kier molecular flexibility index (Phi) is 4.27. The zero-order valence-electron chi connectivity index (χ0n) is 16.8. The zero-order valence-corrected chi connectivity index (χ0v) is 16.8. The Hall–Kier alpha value is -3.27. The molecule has 0 radical (unpaired) electrons. The van der Waals surface area contributed by atoms with Gasteiger partial charge in [0.2, 0.25) is 0 Å². The largest absolute Gasteiger partial charge is 0.496 e. The van der Waals surface area contributed by atoms with Crippen molar-refractivity contribution < 1.29 is 9.53 Å². The third-order valence-corrected chi connectivity index (χ3v) is 6.12. The molecule has 2 aliphatic rings.